The Balaban J connectivity index is 1.77. The second-order valence-electron chi connectivity index (χ2n) is 12.8. The van der Waals surface area contributed by atoms with E-state index in [-0.39, 0.29) is 43.5 Å². The fourth-order valence-electron chi connectivity index (χ4n) is 7.92. The number of hydrogen-bond donors (Lipinski definition) is 2. The van der Waals surface area contributed by atoms with Crippen molar-refractivity contribution in [2.45, 2.75) is 82.5 Å². The van der Waals surface area contributed by atoms with Crippen LogP contribution in [0.25, 0.3) is 0 Å². The first-order valence-electron chi connectivity index (χ1n) is 17.5. The summed E-state index contributed by atoms with van der Waals surface area (Å²) in [6, 6.07) is 5.61. The number of oxime groups is 1. The smallest absolute Gasteiger partial charge is 0.241 e. The Morgan fingerprint density at radius 3 is 2.62 bits per heavy atom. The average Bonchev–Trinajstić information content (AvgIpc) is 3.57. The van der Waals surface area contributed by atoms with Crippen LogP contribution in [0, 0.1) is 17.8 Å². The third-order valence-corrected chi connectivity index (χ3v) is 10.1. The highest BCUT2D eigenvalue weighted by atomic mass is 35.5. The highest BCUT2D eigenvalue weighted by Gasteiger charge is 2.65. The molecule has 48 heavy (non-hydrogen) atoms. The van der Waals surface area contributed by atoms with Crippen molar-refractivity contribution in [3.05, 3.63) is 72.6 Å². The van der Waals surface area contributed by atoms with Gasteiger partial charge in [-0.2, -0.15) is 0 Å². The zero-order valence-electron chi connectivity index (χ0n) is 28.1. The number of rotatable bonds is 20. The molecule has 0 saturated heterocycles. The summed E-state index contributed by atoms with van der Waals surface area (Å²) >= 11 is 6.14. The van der Waals surface area contributed by atoms with Gasteiger partial charge >= 0.3 is 0 Å². The molecule has 11 heteroatoms. The Labute approximate surface area is 289 Å². The van der Waals surface area contributed by atoms with E-state index in [4.69, 9.17) is 35.8 Å². The highest BCUT2D eigenvalue weighted by Crippen LogP contribution is 2.63. The van der Waals surface area contributed by atoms with Crippen molar-refractivity contribution in [3.8, 4) is 11.5 Å². The SMILES string of the molecule is C=CCOc1ccc2c(c1)C1C(CCCCO)C(CCCCO)C=C3C(=NOCC)CC(n4nncc4CCCCl)C(OCC=C)(O2)C31. The first-order chi connectivity index (χ1) is 23.6. The minimum absolute atomic E-state index is 0.0481. The number of nitrogens with zero attached hydrogens (tertiary/aromatic N) is 4. The number of benzene rings is 1. The van der Waals surface area contributed by atoms with Crippen LogP contribution in [0.1, 0.15) is 81.5 Å². The number of ether oxygens (including phenoxy) is 3. The summed E-state index contributed by atoms with van der Waals surface area (Å²) in [4.78, 5) is 5.79. The van der Waals surface area contributed by atoms with Gasteiger partial charge in [-0.15, -0.1) is 23.3 Å². The van der Waals surface area contributed by atoms with E-state index in [1.54, 1.807) is 18.3 Å². The summed E-state index contributed by atoms with van der Waals surface area (Å²) in [6.45, 7) is 11.2. The molecule has 1 aliphatic heterocycles. The molecule has 10 nitrogen and oxygen atoms in total. The van der Waals surface area contributed by atoms with Gasteiger partial charge in [0.2, 0.25) is 5.79 Å². The number of allylic oxidation sites excluding steroid dienone is 1. The molecule has 1 saturated carbocycles. The largest absolute Gasteiger partial charge is 0.490 e. The normalized spacial score (nSPS) is 26.6. The summed E-state index contributed by atoms with van der Waals surface area (Å²) in [6.07, 6.45) is 14.7. The van der Waals surface area contributed by atoms with Gasteiger partial charge in [0.1, 0.15) is 30.8 Å². The molecule has 6 unspecified atom stereocenters. The van der Waals surface area contributed by atoms with Crippen molar-refractivity contribution in [2.24, 2.45) is 22.9 Å². The minimum atomic E-state index is -1.18. The molecule has 0 radical (unpaired) electrons. The van der Waals surface area contributed by atoms with E-state index in [9.17, 15) is 10.2 Å². The number of hydrogen-bond acceptors (Lipinski definition) is 9. The molecule has 1 fully saturated rings. The summed E-state index contributed by atoms with van der Waals surface area (Å²) in [7, 11) is 0. The molecule has 6 atom stereocenters. The number of unbranched alkanes of at least 4 members (excludes halogenated alkanes) is 2. The van der Waals surface area contributed by atoms with Crippen LogP contribution in [0.2, 0.25) is 0 Å². The van der Waals surface area contributed by atoms with E-state index < -0.39 is 11.8 Å². The van der Waals surface area contributed by atoms with Crippen molar-refractivity contribution in [1.29, 1.82) is 0 Å². The maximum Gasteiger partial charge on any atom is 0.241 e. The molecule has 1 aromatic heterocycles. The van der Waals surface area contributed by atoms with E-state index in [1.165, 1.54) is 0 Å². The molecule has 3 aliphatic rings. The maximum absolute atomic E-state index is 9.79. The van der Waals surface area contributed by atoms with E-state index in [0.29, 0.717) is 31.9 Å². The van der Waals surface area contributed by atoms with E-state index in [1.807, 2.05) is 23.7 Å². The van der Waals surface area contributed by atoms with E-state index in [0.717, 1.165) is 79.0 Å². The lowest BCUT2D eigenvalue weighted by Crippen LogP contribution is -2.63. The monoisotopic (exact) mass is 682 g/mol. The van der Waals surface area contributed by atoms with Gasteiger partial charge in [0.05, 0.1) is 30.1 Å². The average molecular weight is 683 g/mol. The Bertz CT molecular complexity index is 1430. The Morgan fingerprint density at radius 1 is 1.10 bits per heavy atom. The van der Waals surface area contributed by atoms with Crippen LogP contribution in [0.3, 0.4) is 0 Å². The molecule has 2 aliphatic carbocycles. The van der Waals surface area contributed by atoms with Crippen LogP contribution in [0.4, 0.5) is 0 Å². The standard InChI is InChI=1S/C37H51ClN4O6/c1-4-20-45-28-15-16-33-31(23-28)35-29(14-8-10-19-44)26(12-7-9-18-43)22-30-32(40-47-6-3)24-34(37(48-33,36(30)35)46-21-5-2)42-27(13-11-17-38)25-39-41-42/h4-5,15-16,22-23,25-26,29,34-36,43-44H,1-2,6-14,17-21,24H2,3H3. The van der Waals surface area contributed by atoms with Crippen molar-refractivity contribution in [1.82, 2.24) is 15.0 Å². The topological polar surface area (TPSA) is 120 Å². The molecule has 2 aromatic rings. The van der Waals surface area contributed by atoms with Crippen LogP contribution < -0.4 is 9.47 Å². The van der Waals surface area contributed by atoms with E-state index >= 15 is 0 Å². The summed E-state index contributed by atoms with van der Waals surface area (Å²) in [5, 5.41) is 33.2. The first-order valence-corrected chi connectivity index (χ1v) is 18.0. The molecule has 262 valence electrons. The summed E-state index contributed by atoms with van der Waals surface area (Å²) in [5.41, 5.74) is 3.91. The lowest BCUT2D eigenvalue weighted by Gasteiger charge is -2.58. The zero-order valence-corrected chi connectivity index (χ0v) is 28.9. The van der Waals surface area contributed by atoms with Gasteiger partial charge < -0.3 is 29.3 Å². The third-order valence-electron chi connectivity index (χ3n) is 9.83. The molecule has 2 heterocycles. The second kappa shape index (κ2) is 17.5. The fourth-order valence-corrected chi connectivity index (χ4v) is 8.05. The molecule has 5 rings (SSSR count). The van der Waals surface area contributed by atoms with Gasteiger partial charge in [-0.3, -0.25) is 0 Å². The highest BCUT2D eigenvalue weighted by molar-refractivity contribution is 6.17. The van der Waals surface area contributed by atoms with Crippen molar-refractivity contribution < 1.29 is 29.3 Å². The van der Waals surface area contributed by atoms with Crippen molar-refractivity contribution in [3.63, 3.8) is 0 Å². The lowest BCUT2D eigenvalue weighted by atomic mass is 9.55. The Hall–Kier alpha value is -3.18. The predicted octanol–water partition coefficient (Wildman–Crippen LogP) is 6.54. The third kappa shape index (κ3) is 7.52. The van der Waals surface area contributed by atoms with Crippen LogP contribution in [-0.4, -0.2) is 75.6 Å². The molecular formula is C37H51ClN4O6. The lowest BCUT2D eigenvalue weighted by molar-refractivity contribution is -0.252. The summed E-state index contributed by atoms with van der Waals surface area (Å²) < 4.78 is 22.2. The van der Waals surface area contributed by atoms with Gasteiger partial charge in [0.15, 0.2) is 0 Å². The molecule has 0 spiro atoms. The first kappa shape index (κ1) is 36.1. The number of fused-ring (bicyclic) bond motifs is 2. The quantitative estimate of drug-likeness (QED) is 0.0699. The van der Waals surface area contributed by atoms with Crippen LogP contribution in [-0.2, 0) is 16.0 Å². The zero-order chi connectivity index (χ0) is 33.9. The van der Waals surface area contributed by atoms with Crippen molar-refractivity contribution >= 4 is 17.3 Å². The van der Waals surface area contributed by atoms with Crippen LogP contribution in [0.5, 0.6) is 11.5 Å². The number of aliphatic hydroxyl groups excluding tert-OH is 2. The molecule has 2 N–H and O–H groups in total. The van der Waals surface area contributed by atoms with Gasteiger partial charge in [-0.1, -0.05) is 48.0 Å². The second-order valence-corrected chi connectivity index (χ2v) is 13.1. The van der Waals surface area contributed by atoms with Gasteiger partial charge in [-0.25, -0.2) is 4.68 Å². The number of aliphatic hydroxyl groups is 2. The van der Waals surface area contributed by atoms with Crippen LogP contribution >= 0.6 is 11.6 Å². The molecular weight excluding hydrogens is 632 g/mol. The van der Waals surface area contributed by atoms with Gasteiger partial charge in [0, 0.05) is 37.0 Å². The maximum atomic E-state index is 9.79. The number of aryl methyl sites for hydroxylation is 1. The molecule has 0 amide bonds. The Morgan fingerprint density at radius 2 is 1.90 bits per heavy atom. The molecule has 1 aromatic carbocycles. The van der Waals surface area contributed by atoms with E-state index in [2.05, 4.69) is 35.6 Å². The number of alkyl halides is 1. The predicted molar refractivity (Wildman–Crippen MR) is 187 cm³/mol. The van der Waals surface area contributed by atoms with Gasteiger partial charge in [0.25, 0.3) is 0 Å². The van der Waals surface area contributed by atoms with Crippen LogP contribution in [0.15, 0.2) is 66.5 Å². The molecule has 0 bridgehead atoms. The summed E-state index contributed by atoms with van der Waals surface area (Å²) in [5.74, 6) is 0.883. The van der Waals surface area contributed by atoms with Crippen molar-refractivity contribution in [2.75, 3.05) is 38.9 Å². The van der Waals surface area contributed by atoms with Gasteiger partial charge in [-0.05, 0) is 81.1 Å². The Kier molecular flexibility index (Phi) is 13.1. The minimum Gasteiger partial charge on any atom is -0.490 e. The fraction of sp³-hybridized carbons (Fsp3) is 0.595. The number of halogens is 1. The number of aromatic nitrogens is 3.